The number of hydrogen-bond acceptors (Lipinski definition) is 7. The van der Waals surface area contributed by atoms with E-state index in [1.807, 2.05) is 13.0 Å². The van der Waals surface area contributed by atoms with Gasteiger partial charge >= 0.3 is 0 Å². The largest absolute Gasteiger partial charge is 0.378 e. The van der Waals surface area contributed by atoms with Crippen molar-refractivity contribution in [2.75, 3.05) is 36.5 Å². The topological polar surface area (TPSA) is 106 Å². The standard InChI is InChI=1S/C20H27ClN5O2P/c1-12(29)18(22)20(23)25-16-10-17(26-6-8-28-9-7-26)24-11-14(16)19(27)13-4-2-3-5-15(13)21/h2-5,10-12,18,20H,6-9,22-23,29H2,1H3,(H,24,25). The summed E-state index contributed by atoms with van der Waals surface area (Å²) in [5, 5.41) is 3.61. The van der Waals surface area contributed by atoms with Crippen LogP contribution in [0.3, 0.4) is 0 Å². The van der Waals surface area contributed by atoms with E-state index in [1.54, 1.807) is 30.5 Å². The van der Waals surface area contributed by atoms with Gasteiger partial charge in [0.2, 0.25) is 0 Å². The van der Waals surface area contributed by atoms with Crippen LogP contribution in [0.4, 0.5) is 11.5 Å². The minimum absolute atomic E-state index is 0.0979. The highest BCUT2D eigenvalue weighted by atomic mass is 35.5. The van der Waals surface area contributed by atoms with Gasteiger partial charge in [0.05, 0.1) is 35.7 Å². The Balaban J connectivity index is 1.97. The summed E-state index contributed by atoms with van der Waals surface area (Å²) in [6.45, 7) is 4.72. The molecule has 4 unspecified atom stereocenters. The highest BCUT2D eigenvalue weighted by Gasteiger charge is 2.23. The molecular weight excluding hydrogens is 409 g/mol. The number of carbonyl (C=O) groups is 1. The van der Waals surface area contributed by atoms with Crippen LogP contribution in [0.25, 0.3) is 0 Å². The third-order valence-electron chi connectivity index (χ3n) is 4.93. The third-order valence-corrected chi connectivity index (χ3v) is 5.71. The summed E-state index contributed by atoms with van der Waals surface area (Å²) in [5.74, 6) is 0.532. The van der Waals surface area contributed by atoms with Crippen molar-refractivity contribution in [1.29, 1.82) is 0 Å². The number of aromatic nitrogens is 1. The van der Waals surface area contributed by atoms with Gasteiger partial charge in [-0.2, -0.15) is 0 Å². The Morgan fingerprint density at radius 3 is 2.62 bits per heavy atom. The number of nitrogens with zero attached hydrogens (tertiary/aromatic N) is 2. The lowest BCUT2D eigenvalue weighted by Gasteiger charge is -2.30. The molecule has 0 saturated carbocycles. The zero-order chi connectivity index (χ0) is 21.0. The first-order chi connectivity index (χ1) is 13.9. The van der Waals surface area contributed by atoms with Crippen molar-refractivity contribution in [2.24, 2.45) is 11.5 Å². The smallest absolute Gasteiger partial charge is 0.198 e. The molecule has 4 atom stereocenters. The van der Waals surface area contributed by atoms with Crippen molar-refractivity contribution in [3.8, 4) is 0 Å². The number of hydrogen-bond donors (Lipinski definition) is 3. The molecule has 0 radical (unpaired) electrons. The van der Waals surface area contributed by atoms with Gasteiger partial charge < -0.3 is 26.4 Å². The SMILES string of the molecule is CC(P)C(N)C(N)Nc1cc(N2CCOCC2)ncc1C(=O)c1ccccc1Cl. The van der Waals surface area contributed by atoms with Crippen LogP contribution in [0.1, 0.15) is 22.8 Å². The number of nitrogens with two attached hydrogens (primary N) is 2. The van der Waals surface area contributed by atoms with Gasteiger partial charge in [0.15, 0.2) is 5.78 Å². The maximum Gasteiger partial charge on any atom is 0.198 e. The average molecular weight is 436 g/mol. The highest BCUT2D eigenvalue weighted by molar-refractivity contribution is 7.17. The Morgan fingerprint density at radius 2 is 1.97 bits per heavy atom. The molecule has 3 rings (SSSR count). The fourth-order valence-corrected chi connectivity index (χ4v) is 3.56. The van der Waals surface area contributed by atoms with Crippen LogP contribution in [0.5, 0.6) is 0 Å². The average Bonchev–Trinajstić information content (AvgIpc) is 2.73. The first kappa shape index (κ1) is 21.9. The fraction of sp³-hybridized carbons (Fsp3) is 0.400. The first-order valence-corrected chi connectivity index (χ1v) is 10.6. The van der Waals surface area contributed by atoms with E-state index < -0.39 is 6.17 Å². The van der Waals surface area contributed by atoms with Crippen LogP contribution < -0.4 is 21.7 Å². The normalized spacial score (nSPS) is 17.5. The second kappa shape index (κ2) is 9.83. The van der Waals surface area contributed by atoms with E-state index >= 15 is 0 Å². The van der Waals surface area contributed by atoms with E-state index in [0.29, 0.717) is 35.1 Å². The van der Waals surface area contributed by atoms with Crippen LogP contribution >= 0.6 is 20.8 Å². The van der Waals surface area contributed by atoms with Gasteiger partial charge in [-0.3, -0.25) is 4.79 Å². The summed E-state index contributed by atoms with van der Waals surface area (Å²) in [6.07, 6.45) is 1.03. The molecule has 9 heteroatoms. The lowest BCUT2D eigenvalue weighted by atomic mass is 10.0. The molecule has 0 amide bonds. The van der Waals surface area contributed by atoms with E-state index in [1.165, 1.54) is 0 Å². The number of benzene rings is 1. The van der Waals surface area contributed by atoms with Gasteiger partial charge in [-0.15, -0.1) is 9.24 Å². The molecule has 1 fully saturated rings. The van der Waals surface area contributed by atoms with E-state index in [-0.39, 0.29) is 17.5 Å². The number of anilines is 2. The minimum atomic E-state index is -0.541. The molecule has 1 saturated heterocycles. The van der Waals surface area contributed by atoms with Gasteiger partial charge in [0, 0.05) is 37.0 Å². The number of morpholine rings is 1. The maximum absolute atomic E-state index is 13.2. The van der Waals surface area contributed by atoms with Crippen LogP contribution in [-0.4, -0.2) is 54.9 Å². The molecule has 1 aliphatic heterocycles. The van der Waals surface area contributed by atoms with Gasteiger partial charge in [-0.25, -0.2) is 4.98 Å². The van der Waals surface area contributed by atoms with E-state index in [9.17, 15) is 4.79 Å². The van der Waals surface area contributed by atoms with Crippen molar-refractivity contribution in [3.05, 3.63) is 52.7 Å². The van der Waals surface area contributed by atoms with Gasteiger partial charge in [0.25, 0.3) is 0 Å². The summed E-state index contributed by atoms with van der Waals surface area (Å²) in [7, 11) is 2.65. The van der Waals surface area contributed by atoms with Gasteiger partial charge in [-0.05, 0) is 17.8 Å². The number of ketones is 1. The Morgan fingerprint density at radius 1 is 1.28 bits per heavy atom. The summed E-state index contributed by atoms with van der Waals surface area (Å²) in [6, 6.07) is 8.47. The fourth-order valence-electron chi connectivity index (χ4n) is 3.10. The molecule has 1 aromatic carbocycles. The predicted molar refractivity (Wildman–Crippen MR) is 121 cm³/mol. The lowest BCUT2D eigenvalue weighted by Crippen LogP contribution is -2.51. The number of nitrogens with one attached hydrogen (secondary N) is 1. The monoisotopic (exact) mass is 435 g/mol. The predicted octanol–water partition coefficient (Wildman–Crippen LogP) is 2.09. The third kappa shape index (κ3) is 5.24. The summed E-state index contributed by atoms with van der Waals surface area (Å²) in [5.41, 5.74) is 14.0. The van der Waals surface area contributed by atoms with Crippen molar-refractivity contribution in [1.82, 2.24) is 4.98 Å². The van der Waals surface area contributed by atoms with Crippen molar-refractivity contribution in [2.45, 2.75) is 24.8 Å². The molecule has 156 valence electrons. The highest BCUT2D eigenvalue weighted by Crippen LogP contribution is 2.27. The number of pyridine rings is 1. The number of carbonyl (C=O) groups excluding carboxylic acids is 1. The quantitative estimate of drug-likeness (QED) is 0.347. The van der Waals surface area contributed by atoms with E-state index in [0.717, 1.165) is 18.9 Å². The van der Waals surface area contributed by atoms with Crippen LogP contribution in [0, 0.1) is 0 Å². The van der Waals surface area contributed by atoms with E-state index in [4.69, 9.17) is 27.8 Å². The molecule has 1 aliphatic rings. The van der Waals surface area contributed by atoms with Crippen LogP contribution in [0.15, 0.2) is 36.5 Å². The molecule has 1 aromatic heterocycles. The van der Waals surface area contributed by atoms with Gasteiger partial charge in [0.1, 0.15) is 5.82 Å². The lowest BCUT2D eigenvalue weighted by molar-refractivity contribution is 0.103. The molecule has 0 spiro atoms. The Labute approximate surface area is 178 Å². The molecule has 0 aliphatic carbocycles. The van der Waals surface area contributed by atoms with Gasteiger partial charge in [-0.1, -0.05) is 30.7 Å². The van der Waals surface area contributed by atoms with Crippen LogP contribution in [0.2, 0.25) is 5.02 Å². The number of halogens is 1. The van der Waals surface area contributed by atoms with Crippen molar-refractivity contribution < 1.29 is 9.53 Å². The Kier molecular flexibility index (Phi) is 7.44. The summed E-state index contributed by atoms with van der Waals surface area (Å²) in [4.78, 5) is 19.8. The Hall–Kier alpha value is -1.76. The zero-order valence-electron chi connectivity index (χ0n) is 16.3. The molecule has 2 aromatic rings. The second-order valence-corrected chi connectivity index (χ2v) is 8.56. The molecule has 2 heterocycles. The number of ether oxygens (including phenoxy) is 1. The molecule has 7 nitrogen and oxygen atoms in total. The van der Waals surface area contributed by atoms with Crippen molar-refractivity contribution in [3.63, 3.8) is 0 Å². The molecule has 29 heavy (non-hydrogen) atoms. The second-order valence-electron chi connectivity index (χ2n) is 7.10. The molecule has 5 N–H and O–H groups in total. The molecular formula is C20H27ClN5O2P. The maximum atomic E-state index is 13.2. The first-order valence-electron chi connectivity index (χ1n) is 9.53. The zero-order valence-corrected chi connectivity index (χ0v) is 18.3. The molecule has 0 bridgehead atoms. The van der Waals surface area contributed by atoms with Crippen LogP contribution in [-0.2, 0) is 4.74 Å². The van der Waals surface area contributed by atoms with Crippen molar-refractivity contribution >= 4 is 38.1 Å². The van der Waals surface area contributed by atoms with E-state index in [2.05, 4.69) is 24.4 Å². The summed E-state index contributed by atoms with van der Waals surface area (Å²) < 4.78 is 5.41. The number of rotatable bonds is 7. The Bertz CT molecular complexity index is 861. The minimum Gasteiger partial charge on any atom is -0.378 e. The summed E-state index contributed by atoms with van der Waals surface area (Å²) >= 11 is 6.24.